The van der Waals surface area contributed by atoms with Crippen LogP contribution in [0.3, 0.4) is 0 Å². The van der Waals surface area contributed by atoms with Crippen molar-refractivity contribution in [2.75, 3.05) is 32.1 Å². The molecule has 0 spiro atoms. The van der Waals surface area contributed by atoms with Gasteiger partial charge < -0.3 is 15.5 Å². The zero-order chi connectivity index (χ0) is 13.1. The smallest absolute Gasteiger partial charge is 0.141 e. The SMILES string of the molecule is CN(C)C1CCN(c2ccc(C(=N)N)nc2)CC1. The summed E-state index contributed by atoms with van der Waals surface area (Å²) in [7, 11) is 4.28. The molecule has 1 aliphatic heterocycles. The van der Waals surface area contributed by atoms with Crippen molar-refractivity contribution in [2.45, 2.75) is 18.9 Å². The van der Waals surface area contributed by atoms with Crippen LogP contribution in [0.5, 0.6) is 0 Å². The maximum Gasteiger partial charge on any atom is 0.141 e. The summed E-state index contributed by atoms with van der Waals surface area (Å²) < 4.78 is 0. The Morgan fingerprint density at radius 2 is 2.06 bits per heavy atom. The van der Waals surface area contributed by atoms with Gasteiger partial charge in [0.2, 0.25) is 0 Å². The molecule has 1 aliphatic rings. The summed E-state index contributed by atoms with van der Waals surface area (Å²) in [4.78, 5) is 8.85. The van der Waals surface area contributed by atoms with Gasteiger partial charge in [0.1, 0.15) is 11.5 Å². The molecular weight excluding hydrogens is 226 g/mol. The Balaban J connectivity index is 1.99. The van der Waals surface area contributed by atoms with E-state index in [0.29, 0.717) is 11.7 Å². The number of anilines is 1. The number of aromatic nitrogens is 1. The Kier molecular flexibility index (Phi) is 3.81. The quantitative estimate of drug-likeness (QED) is 0.615. The normalized spacial score (nSPS) is 17.2. The number of rotatable bonds is 3. The Hall–Kier alpha value is -1.62. The second-order valence-corrected chi connectivity index (χ2v) is 5.00. The van der Waals surface area contributed by atoms with Gasteiger partial charge in [0.05, 0.1) is 11.9 Å². The maximum atomic E-state index is 7.32. The molecular formula is C13H21N5. The number of amidine groups is 1. The zero-order valence-electron chi connectivity index (χ0n) is 11.1. The first-order chi connectivity index (χ1) is 8.58. The Morgan fingerprint density at radius 3 is 2.50 bits per heavy atom. The lowest BCUT2D eigenvalue weighted by atomic mass is 10.0. The van der Waals surface area contributed by atoms with E-state index in [1.165, 1.54) is 12.8 Å². The van der Waals surface area contributed by atoms with Gasteiger partial charge in [0.15, 0.2) is 0 Å². The first-order valence-electron chi connectivity index (χ1n) is 6.30. The Labute approximate surface area is 108 Å². The second-order valence-electron chi connectivity index (χ2n) is 5.00. The van der Waals surface area contributed by atoms with E-state index in [1.807, 2.05) is 18.3 Å². The minimum atomic E-state index is 0.0212. The van der Waals surface area contributed by atoms with Crippen molar-refractivity contribution in [2.24, 2.45) is 5.73 Å². The molecule has 0 aromatic carbocycles. The third kappa shape index (κ3) is 2.79. The van der Waals surface area contributed by atoms with Crippen LogP contribution in [0.2, 0.25) is 0 Å². The molecule has 0 saturated carbocycles. The number of nitrogens with two attached hydrogens (primary N) is 1. The second kappa shape index (κ2) is 5.35. The van der Waals surface area contributed by atoms with E-state index in [1.54, 1.807) is 0 Å². The van der Waals surface area contributed by atoms with Crippen molar-refractivity contribution in [3.63, 3.8) is 0 Å². The molecule has 0 unspecified atom stereocenters. The van der Waals surface area contributed by atoms with Crippen LogP contribution in [0.4, 0.5) is 5.69 Å². The molecule has 0 aliphatic carbocycles. The van der Waals surface area contributed by atoms with Crippen LogP contribution in [0.15, 0.2) is 18.3 Å². The largest absolute Gasteiger partial charge is 0.382 e. The molecule has 3 N–H and O–H groups in total. The van der Waals surface area contributed by atoms with E-state index >= 15 is 0 Å². The zero-order valence-corrected chi connectivity index (χ0v) is 11.1. The van der Waals surface area contributed by atoms with Gasteiger partial charge in [0, 0.05) is 19.1 Å². The Bertz CT molecular complexity index is 404. The standard InChI is InChI=1S/C13H21N5/c1-17(2)10-5-7-18(8-6-10)11-3-4-12(13(14)15)16-9-11/h3-4,9-10H,5-8H2,1-2H3,(H3,14,15). The highest BCUT2D eigenvalue weighted by atomic mass is 15.2. The fourth-order valence-electron chi connectivity index (χ4n) is 2.37. The summed E-state index contributed by atoms with van der Waals surface area (Å²) >= 11 is 0. The number of hydrogen-bond acceptors (Lipinski definition) is 4. The number of nitrogens with one attached hydrogen (secondary N) is 1. The molecule has 0 amide bonds. The molecule has 98 valence electrons. The van der Waals surface area contributed by atoms with Crippen LogP contribution in [0.1, 0.15) is 18.5 Å². The molecule has 2 rings (SSSR count). The summed E-state index contributed by atoms with van der Waals surface area (Å²) in [5, 5.41) is 7.32. The van der Waals surface area contributed by atoms with Crippen molar-refractivity contribution in [1.82, 2.24) is 9.88 Å². The first kappa shape index (κ1) is 12.8. The van der Waals surface area contributed by atoms with Gasteiger partial charge in [0.25, 0.3) is 0 Å². The van der Waals surface area contributed by atoms with Gasteiger partial charge in [-0.2, -0.15) is 0 Å². The minimum absolute atomic E-state index is 0.0212. The number of piperidine rings is 1. The monoisotopic (exact) mass is 247 g/mol. The van der Waals surface area contributed by atoms with Gasteiger partial charge in [-0.15, -0.1) is 0 Å². The minimum Gasteiger partial charge on any atom is -0.382 e. The molecule has 1 aromatic heterocycles. The molecule has 0 bridgehead atoms. The maximum absolute atomic E-state index is 7.32. The van der Waals surface area contributed by atoms with Gasteiger partial charge >= 0.3 is 0 Å². The average Bonchev–Trinajstić information content (AvgIpc) is 2.39. The van der Waals surface area contributed by atoms with Gasteiger partial charge in [-0.3, -0.25) is 10.4 Å². The van der Waals surface area contributed by atoms with E-state index in [0.717, 1.165) is 18.8 Å². The molecule has 2 heterocycles. The summed E-state index contributed by atoms with van der Waals surface area (Å²) in [5.74, 6) is 0.0212. The first-order valence-corrected chi connectivity index (χ1v) is 6.30. The lowest BCUT2D eigenvalue weighted by Gasteiger charge is -2.36. The van der Waals surface area contributed by atoms with Crippen molar-refractivity contribution in [3.8, 4) is 0 Å². The molecule has 5 nitrogen and oxygen atoms in total. The number of pyridine rings is 1. The summed E-state index contributed by atoms with van der Waals surface area (Å²) in [6.07, 6.45) is 4.18. The van der Waals surface area contributed by atoms with Crippen LogP contribution in [0, 0.1) is 5.41 Å². The van der Waals surface area contributed by atoms with E-state index < -0.39 is 0 Å². The summed E-state index contributed by atoms with van der Waals surface area (Å²) in [6, 6.07) is 4.50. The van der Waals surface area contributed by atoms with Crippen molar-refractivity contribution in [1.29, 1.82) is 5.41 Å². The van der Waals surface area contributed by atoms with Gasteiger partial charge in [-0.1, -0.05) is 0 Å². The van der Waals surface area contributed by atoms with E-state index in [2.05, 4.69) is 28.9 Å². The lowest BCUT2D eigenvalue weighted by molar-refractivity contribution is 0.249. The fraction of sp³-hybridized carbons (Fsp3) is 0.538. The highest BCUT2D eigenvalue weighted by Gasteiger charge is 2.20. The van der Waals surface area contributed by atoms with E-state index in [9.17, 15) is 0 Å². The summed E-state index contributed by atoms with van der Waals surface area (Å²) in [5.41, 5.74) is 7.06. The third-order valence-electron chi connectivity index (χ3n) is 3.58. The highest BCUT2D eigenvalue weighted by Crippen LogP contribution is 2.20. The third-order valence-corrected chi connectivity index (χ3v) is 3.58. The fourth-order valence-corrected chi connectivity index (χ4v) is 2.37. The predicted molar refractivity (Wildman–Crippen MR) is 74.2 cm³/mol. The molecule has 1 fully saturated rings. The molecule has 1 saturated heterocycles. The van der Waals surface area contributed by atoms with Crippen molar-refractivity contribution >= 4 is 11.5 Å². The van der Waals surface area contributed by atoms with Crippen LogP contribution < -0.4 is 10.6 Å². The Morgan fingerprint density at radius 1 is 1.39 bits per heavy atom. The van der Waals surface area contributed by atoms with E-state index in [-0.39, 0.29) is 5.84 Å². The number of nitrogens with zero attached hydrogens (tertiary/aromatic N) is 3. The van der Waals surface area contributed by atoms with Crippen molar-refractivity contribution in [3.05, 3.63) is 24.0 Å². The number of nitrogen functional groups attached to an aromatic ring is 1. The van der Waals surface area contributed by atoms with Gasteiger partial charge in [-0.25, -0.2) is 0 Å². The highest BCUT2D eigenvalue weighted by molar-refractivity contribution is 5.93. The predicted octanol–water partition coefficient (Wildman–Crippen LogP) is 0.896. The van der Waals surface area contributed by atoms with Crippen molar-refractivity contribution < 1.29 is 0 Å². The molecule has 18 heavy (non-hydrogen) atoms. The van der Waals surface area contributed by atoms with Gasteiger partial charge in [-0.05, 0) is 39.1 Å². The van der Waals surface area contributed by atoms with Crippen LogP contribution in [0.25, 0.3) is 0 Å². The molecule has 1 aromatic rings. The number of hydrogen-bond donors (Lipinski definition) is 2. The van der Waals surface area contributed by atoms with Crippen LogP contribution in [-0.2, 0) is 0 Å². The topological polar surface area (TPSA) is 69.2 Å². The molecule has 5 heteroatoms. The summed E-state index contributed by atoms with van der Waals surface area (Å²) in [6.45, 7) is 2.12. The van der Waals surface area contributed by atoms with Crippen LogP contribution >= 0.6 is 0 Å². The van der Waals surface area contributed by atoms with Crippen LogP contribution in [-0.4, -0.2) is 48.9 Å². The lowest BCUT2D eigenvalue weighted by Crippen LogP contribution is -2.42. The molecule has 0 atom stereocenters. The average molecular weight is 247 g/mol. The molecule has 0 radical (unpaired) electrons. The van der Waals surface area contributed by atoms with E-state index in [4.69, 9.17) is 11.1 Å².